The van der Waals surface area contributed by atoms with Crippen molar-refractivity contribution in [1.29, 1.82) is 5.26 Å². The number of hydrogen-bond acceptors (Lipinski definition) is 4. The Morgan fingerprint density at radius 3 is 2.43 bits per heavy atom. The number of nitrogens with zero attached hydrogens (tertiary/aromatic N) is 4. The first-order valence-electron chi connectivity index (χ1n) is 7.06. The van der Waals surface area contributed by atoms with E-state index in [4.69, 9.17) is 11.6 Å². The Hall–Kier alpha value is -2.12. The fourth-order valence-corrected chi connectivity index (χ4v) is 2.62. The molecule has 0 unspecified atom stereocenters. The lowest BCUT2D eigenvalue weighted by atomic mass is 10.1. The largest absolute Gasteiger partial charge is 0.341 e. The van der Waals surface area contributed by atoms with Crippen molar-refractivity contribution in [3.05, 3.63) is 41.0 Å². The Bertz CT molecular complexity index is 670. The van der Waals surface area contributed by atoms with Crippen LogP contribution in [-0.4, -0.2) is 23.1 Å². The zero-order valence-electron chi connectivity index (χ0n) is 11.6. The van der Waals surface area contributed by atoms with Gasteiger partial charge in [0.25, 0.3) is 0 Å². The minimum atomic E-state index is 0.399. The lowest BCUT2D eigenvalue weighted by molar-refractivity contribution is 0.568. The highest BCUT2D eigenvalue weighted by Crippen LogP contribution is 2.24. The predicted octanol–water partition coefficient (Wildman–Crippen LogP) is 3.66. The van der Waals surface area contributed by atoms with Crippen LogP contribution in [0.1, 0.15) is 25.0 Å². The quantitative estimate of drug-likeness (QED) is 0.849. The summed E-state index contributed by atoms with van der Waals surface area (Å²) in [5.74, 6) is 0.652. The Morgan fingerprint density at radius 2 is 1.76 bits per heavy atom. The van der Waals surface area contributed by atoms with Crippen LogP contribution in [0.2, 0.25) is 5.02 Å². The number of nitriles is 1. The third-order valence-electron chi connectivity index (χ3n) is 3.61. The lowest BCUT2D eigenvalue weighted by Crippen LogP contribution is -2.31. The number of aromatic nitrogens is 2. The lowest BCUT2D eigenvalue weighted by Gasteiger charge is -2.26. The summed E-state index contributed by atoms with van der Waals surface area (Å²) in [5.41, 5.74) is 2.10. The minimum absolute atomic E-state index is 0.399. The number of anilines is 1. The summed E-state index contributed by atoms with van der Waals surface area (Å²) >= 11 is 5.92. The molecule has 1 fully saturated rings. The van der Waals surface area contributed by atoms with Gasteiger partial charge in [-0.3, -0.25) is 0 Å². The number of piperidine rings is 1. The maximum atomic E-state index is 9.20. The van der Waals surface area contributed by atoms with Crippen LogP contribution in [0, 0.1) is 11.3 Å². The Labute approximate surface area is 129 Å². The molecule has 3 rings (SSSR count). The molecule has 0 atom stereocenters. The molecule has 106 valence electrons. The SMILES string of the molecule is N#Cc1cc(-c2ccc(Cl)cc2)nc(N2CCCCC2)n1. The van der Waals surface area contributed by atoms with E-state index in [9.17, 15) is 5.26 Å². The van der Waals surface area contributed by atoms with E-state index in [1.165, 1.54) is 6.42 Å². The zero-order valence-corrected chi connectivity index (χ0v) is 12.3. The van der Waals surface area contributed by atoms with Crippen molar-refractivity contribution >= 4 is 17.5 Å². The minimum Gasteiger partial charge on any atom is -0.341 e. The molecule has 1 saturated heterocycles. The second kappa shape index (κ2) is 6.11. The van der Waals surface area contributed by atoms with E-state index < -0.39 is 0 Å². The van der Waals surface area contributed by atoms with Crippen LogP contribution in [0.5, 0.6) is 0 Å². The molecule has 0 spiro atoms. The highest BCUT2D eigenvalue weighted by molar-refractivity contribution is 6.30. The number of rotatable bonds is 2. The zero-order chi connectivity index (χ0) is 14.7. The molecule has 1 aromatic carbocycles. The molecule has 1 aliphatic heterocycles. The average Bonchev–Trinajstić information content (AvgIpc) is 2.56. The summed E-state index contributed by atoms with van der Waals surface area (Å²) in [4.78, 5) is 11.1. The molecule has 2 heterocycles. The first kappa shape index (κ1) is 13.8. The van der Waals surface area contributed by atoms with Gasteiger partial charge in [0.1, 0.15) is 11.8 Å². The maximum Gasteiger partial charge on any atom is 0.227 e. The Morgan fingerprint density at radius 1 is 1.05 bits per heavy atom. The summed E-state index contributed by atoms with van der Waals surface area (Å²) in [7, 11) is 0. The molecule has 4 nitrogen and oxygen atoms in total. The molecule has 5 heteroatoms. The molecule has 1 aromatic heterocycles. The number of halogens is 1. The van der Waals surface area contributed by atoms with E-state index in [1.807, 2.05) is 24.3 Å². The topological polar surface area (TPSA) is 52.8 Å². The van der Waals surface area contributed by atoms with E-state index in [0.29, 0.717) is 16.7 Å². The summed E-state index contributed by atoms with van der Waals surface area (Å²) in [6.07, 6.45) is 3.55. The molecule has 21 heavy (non-hydrogen) atoms. The smallest absolute Gasteiger partial charge is 0.227 e. The second-order valence-corrected chi connectivity index (χ2v) is 5.54. The second-order valence-electron chi connectivity index (χ2n) is 5.10. The standard InChI is InChI=1S/C16H15ClN4/c17-13-6-4-12(5-7-13)15-10-14(11-18)19-16(20-15)21-8-2-1-3-9-21/h4-7,10H,1-3,8-9H2. The van der Waals surface area contributed by atoms with Crippen molar-refractivity contribution in [3.63, 3.8) is 0 Å². The van der Waals surface area contributed by atoms with E-state index in [-0.39, 0.29) is 0 Å². The van der Waals surface area contributed by atoms with Crippen LogP contribution < -0.4 is 4.90 Å². The van der Waals surface area contributed by atoms with Gasteiger partial charge in [-0.25, -0.2) is 9.97 Å². The summed E-state index contributed by atoms with van der Waals surface area (Å²) < 4.78 is 0. The van der Waals surface area contributed by atoms with Gasteiger partial charge in [-0.15, -0.1) is 0 Å². The van der Waals surface area contributed by atoms with Crippen LogP contribution in [0.4, 0.5) is 5.95 Å². The molecular weight excluding hydrogens is 284 g/mol. The fourth-order valence-electron chi connectivity index (χ4n) is 2.50. The van der Waals surface area contributed by atoms with E-state index in [2.05, 4.69) is 20.9 Å². The van der Waals surface area contributed by atoms with E-state index >= 15 is 0 Å². The summed E-state index contributed by atoms with van der Waals surface area (Å²) in [6, 6.07) is 11.3. The van der Waals surface area contributed by atoms with Crippen molar-refractivity contribution in [2.75, 3.05) is 18.0 Å². The van der Waals surface area contributed by atoms with Crippen LogP contribution in [-0.2, 0) is 0 Å². The van der Waals surface area contributed by atoms with Crippen LogP contribution in [0.15, 0.2) is 30.3 Å². The van der Waals surface area contributed by atoms with Gasteiger partial charge in [-0.2, -0.15) is 5.26 Å². The molecule has 2 aromatic rings. The molecule has 0 amide bonds. The number of hydrogen-bond donors (Lipinski definition) is 0. The molecule has 0 saturated carbocycles. The van der Waals surface area contributed by atoms with Crippen molar-refractivity contribution in [1.82, 2.24) is 9.97 Å². The van der Waals surface area contributed by atoms with Crippen molar-refractivity contribution in [2.45, 2.75) is 19.3 Å². The monoisotopic (exact) mass is 298 g/mol. The van der Waals surface area contributed by atoms with Crippen LogP contribution in [0.25, 0.3) is 11.3 Å². The third kappa shape index (κ3) is 3.14. The van der Waals surface area contributed by atoms with Gasteiger partial charge >= 0.3 is 0 Å². The van der Waals surface area contributed by atoms with Gasteiger partial charge in [0.05, 0.1) is 5.69 Å². The predicted molar refractivity (Wildman–Crippen MR) is 83.3 cm³/mol. The van der Waals surface area contributed by atoms with Crippen LogP contribution >= 0.6 is 11.6 Å². The van der Waals surface area contributed by atoms with Crippen molar-refractivity contribution in [3.8, 4) is 17.3 Å². The van der Waals surface area contributed by atoms with Gasteiger partial charge in [0.15, 0.2) is 0 Å². The van der Waals surface area contributed by atoms with Crippen molar-refractivity contribution < 1.29 is 0 Å². The molecule has 0 aliphatic carbocycles. The van der Waals surface area contributed by atoms with E-state index in [0.717, 1.165) is 37.2 Å². The molecule has 0 bridgehead atoms. The highest BCUT2D eigenvalue weighted by Gasteiger charge is 2.15. The summed E-state index contributed by atoms with van der Waals surface area (Å²) in [6.45, 7) is 1.91. The first-order valence-corrected chi connectivity index (χ1v) is 7.44. The van der Waals surface area contributed by atoms with Gasteiger partial charge in [0, 0.05) is 29.7 Å². The third-order valence-corrected chi connectivity index (χ3v) is 3.86. The molecule has 0 radical (unpaired) electrons. The highest BCUT2D eigenvalue weighted by atomic mass is 35.5. The Kier molecular flexibility index (Phi) is 4.03. The van der Waals surface area contributed by atoms with E-state index in [1.54, 1.807) is 6.07 Å². The number of benzene rings is 1. The fraction of sp³-hybridized carbons (Fsp3) is 0.312. The van der Waals surface area contributed by atoms with Crippen molar-refractivity contribution in [2.24, 2.45) is 0 Å². The average molecular weight is 299 g/mol. The first-order chi connectivity index (χ1) is 10.3. The summed E-state index contributed by atoms with van der Waals surface area (Å²) in [5, 5.41) is 9.88. The van der Waals surface area contributed by atoms with Gasteiger partial charge in [-0.05, 0) is 31.4 Å². The molecular formula is C16H15ClN4. The maximum absolute atomic E-state index is 9.20. The van der Waals surface area contributed by atoms with Gasteiger partial charge in [0.2, 0.25) is 5.95 Å². The van der Waals surface area contributed by atoms with Crippen LogP contribution in [0.3, 0.4) is 0 Å². The Balaban J connectivity index is 2.00. The van der Waals surface area contributed by atoms with Gasteiger partial charge < -0.3 is 4.90 Å². The molecule has 0 N–H and O–H groups in total. The molecule has 1 aliphatic rings. The van der Waals surface area contributed by atoms with Gasteiger partial charge in [-0.1, -0.05) is 23.7 Å². The normalized spacial score (nSPS) is 14.8.